The summed E-state index contributed by atoms with van der Waals surface area (Å²) < 4.78 is 14.8. The lowest BCUT2D eigenvalue weighted by molar-refractivity contribution is -0.136. The summed E-state index contributed by atoms with van der Waals surface area (Å²) in [5, 5.41) is 8.85. The Kier molecular flexibility index (Phi) is 3.46. The third-order valence-electron chi connectivity index (χ3n) is 3.49. The van der Waals surface area contributed by atoms with E-state index in [1.165, 1.54) is 0 Å². The van der Waals surface area contributed by atoms with Crippen molar-refractivity contribution >= 4 is 5.97 Å². The first-order valence-electron chi connectivity index (χ1n) is 6.11. The Balaban J connectivity index is 2.32. The van der Waals surface area contributed by atoms with Gasteiger partial charge in [-0.15, -0.1) is 0 Å². The van der Waals surface area contributed by atoms with Gasteiger partial charge in [0.25, 0.3) is 0 Å². The highest BCUT2D eigenvalue weighted by molar-refractivity contribution is 5.71. The SMILES string of the molecule is O=C(O)Cc1ccccc1C1(F)CCCCC1. The predicted molar refractivity (Wildman–Crippen MR) is 63.7 cm³/mol. The summed E-state index contributed by atoms with van der Waals surface area (Å²) in [6.45, 7) is 0. The molecular weight excluding hydrogens is 219 g/mol. The van der Waals surface area contributed by atoms with Gasteiger partial charge in [0.2, 0.25) is 0 Å². The normalized spacial score (nSPS) is 18.9. The van der Waals surface area contributed by atoms with Crippen LogP contribution in [0.3, 0.4) is 0 Å². The maximum Gasteiger partial charge on any atom is 0.307 e. The average Bonchev–Trinajstić information content (AvgIpc) is 2.30. The zero-order chi connectivity index (χ0) is 12.3. The highest BCUT2D eigenvalue weighted by Crippen LogP contribution is 2.42. The van der Waals surface area contributed by atoms with Gasteiger partial charge in [-0.1, -0.05) is 30.7 Å². The molecule has 0 amide bonds. The van der Waals surface area contributed by atoms with Crippen molar-refractivity contribution in [1.82, 2.24) is 0 Å². The Bertz CT molecular complexity index is 408. The van der Waals surface area contributed by atoms with Crippen molar-refractivity contribution in [3.8, 4) is 0 Å². The minimum Gasteiger partial charge on any atom is -0.481 e. The molecule has 2 nitrogen and oxygen atoms in total. The van der Waals surface area contributed by atoms with E-state index in [0.29, 0.717) is 24.0 Å². The summed E-state index contributed by atoms with van der Waals surface area (Å²) in [7, 11) is 0. The Labute approximate surface area is 100 Å². The third-order valence-corrected chi connectivity index (χ3v) is 3.49. The smallest absolute Gasteiger partial charge is 0.307 e. The van der Waals surface area contributed by atoms with E-state index in [-0.39, 0.29) is 6.42 Å². The molecule has 1 aliphatic carbocycles. The highest BCUT2D eigenvalue weighted by atomic mass is 19.1. The molecule has 92 valence electrons. The van der Waals surface area contributed by atoms with Crippen LogP contribution in [0.15, 0.2) is 24.3 Å². The van der Waals surface area contributed by atoms with Crippen molar-refractivity contribution in [2.45, 2.75) is 44.2 Å². The molecule has 0 radical (unpaired) electrons. The first kappa shape index (κ1) is 12.1. The topological polar surface area (TPSA) is 37.3 Å². The summed E-state index contributed by atoms with van der Waals surface area (Å²) >= 11 is 0. The number of benzene rings is 1. The molecule has 1 fully saturated rings. The van der Waals surface area contributed by atoms with Crippen LogP contribution in [-0.4, -0.2) is 11.1 Å². The maximum absolute atomic E-state index is 14.8. The molecule has 1 aromatic carbocycles. The number of carboxylic acid groups (broad SMARTS) is 1. The van der Waals surface area contributed by atoms with Gasteiger partial charge in [-0.25, -0.2) is 4.39 Å². The van der Waals surface area contributed by atoms with E-state index in [2.05, 4.69) is 0 Å². The monoisotopic (exact) mass is 236 g/mol. The molecule has 1 aliphatic rings. The Hall–Kier alpha value is -1.38. The first-order chi connectivity index (χ1) is 8.12. The molecule has 0 aromatic heterocycles. The van der Waals surface area contributed by atoms with E-state index >= 15 is 0 Å². The number of aliphatic carboxylic acids is 1. The number of carbonyl (C=O) groups is 1. The van der Waals surface area contributed by atoms with Crippen LogP contribution < -0.4 is 0 Å². The molecule has 0 bridgehead atoms. The molecule has 2 rings (SSSR count). The molecule has 0 heterocycles. The third kappa shape index (κ3) is 2.65. The average molecular weight is 236 g/mol. The first-order valence-corrected chi connectivity index (χ1v) is 6.11. The minimum atomic E-state index is -1.32. The van der Waals surface area contributed by atoms with Crippen LogP contribution in [0, 0.1) is 0 Å². The van der Waals surface area contributed by atoms with E-state index in [0.717, 1.165) is 19.3 Å². The second-order valence-corrected chi connectivity index (χ2v) is 4.75. The van der Waals surface area contributed by atoms with E-state index in [1.54, 1.807) is 24.3 Å². The molecule has 0 atom stereocenters. The number of hydrogen-bond acceptors (Lipinski definition) is 1. The number of rotatable bonds is 3. The van der Waals surface area contributed by atoms with Gasteiger partial charge in [-0.3, -0.25) is 4.79 Å². The van der Waals surface area contributed by atoms with Crippen molar-refractivity contribution < 1.29 is 14.3 Å². The van der Waals surface area contributed by atoms with Gasteiger partial charge in [0.1, 0.15) is 5.67 Å². The Morgan fingerprint density at radius 2 is 1.88 bits per heavy atom. The summed E-state index contributed by atoms with van der Waals surface area (Å²) in [5.41, 5.74) is -0.115. The number of alkyl halides is 1. The van der Waals surface area contributed by atoms with Crippen LogP contribution in [0.4, 0.5) is 4.39 Å². The van der Waals surface area contributed by atoms with E-state index in [9.17, 15) is 9.18 Å². The van der Waals surface area contributed by atoms with Gasteiger partial charge in [0.15, 0.2) is 0 Å². The quantitative estimate of drug-likeness (QED) is 0.872. The predicted octanol–water partition coefficient (Wildman–Crippen LogP) is 3.44. The van der Waals surface area contributed by atoms with Crippen molar-refractivity contribution in [2.75, 3.05) is 0 Å². The zero-order valence-corrected chi connectivity index (χ0v) is 9.79. The highest BCUT2D eigenvalue weighted by Gasteiger charge is 2.35. The summed E-state index contributed by atoms with van der Waals surface area (Å²) in [6, 6.07) is 7.02. The summed E-state index contributed by atoms with van der Waals surface area (Å²) in [5.74, 6) is -0.906. The van der Waals surface area contributed by atoms with E-state index < -0.39 is 11.6 Å². The molecular formula is C14H17FO2. The zero-order valence-electron chi connectivity index (χ0n) is 9.79. The molecule has 1 aromatic rings. The fraction of sp³-hybridized carbons (Fsp3) is 0.500. The van der Waals surface area contributed by atoms with Crippen molar-refractivity contribution in [3.63, 3.8) is 0 Å². The lowest BCUT2D eigenvalue weighted by atomic mass is 9.79. The van der Waals surface area contributed by atoms with Crippen LogP contribution in [0.1, 0.15) is 43.2 Å². The van der Waals surface area contributed by atoms with Crippen molar-refractivity contribution in [3.05, 3.63) is 35.4 Å². The van der Waals surface area contributed by atoms with E-state index in [4.69, 9.17) is 5.11 Å². The summed E-state index contributed by atoms with van der Waals surface area (Å²) in [6.07, 6.45) is 3.79. The molecule has 1 saturated carbocycles. The second-order valence-electron chi connectivity index (χ2n) is 4.75. The fourth-order valence-electron chi connectivity index (χ4n) is 2.66. The number of carboxylic acids is 1. The van der Waals surface area contributed by atoms with E-state index in [1.807, 2.05) is 0 Å². The molecule has 0 unspecified atom stereocenters. The Morgan fingerprint density at radius 1 is 1.24 bits per heavy atom. The second kappa shape index (κ2) is 4.86. The fourth-order valence-corrected chi connectivity index (χ4v) is 2.66. The molecule has 1 N–H and O–H groups in total. The molecule has 0 spiro atoms. The van der Waals surface area contributed by atoms with Crippen molar-refractivity contribution in [1.29, 1.82) is 0 Å². The van der Waals surface area contributed by atoms with Crippen LogP contribution in [0.5, 0.6) is 0 Å². The van der Waals surface area contributed by atoms with Crippen LogP contribution in [0.2, 0.25) is 0 Å². The lowest BCUT2D eigenvalue weighted by Crippen LogP contribution is -2.25. The standard InChI is InChI=1S/C14H17FO2/c15-14(8-4-1-5-9-14)12-7-3-2-6-11(12)10-13(16)17/h2-3,6-7H,1,4-5,8-10H2,(H,16,17). The minimum absolute atomic E-state index is 0.0954. The van der Waals surface area contributed by atoms with Crippen LogP contribution >= 0.6 is 0 Å². The van der Waals surface area contributed by atoms with Gasteiger partial charge in [0, 0.05) is 0 Å². The van der Waals surface area contributed by atoms with Crippen molar-refractivity contribution in [2.24, 2.45) is 0 Å². The lowest BCUT2D eigenvalue weighted by Gasteiger charge is -2.31. The largest absolute Gasteiger partial charge is 0.481 e. The van der Waals surface area contributed by atoms with Gasteiger partial charge in [-0.2, -0.15) is 0 Å². The molecule has 0 saturated heterocycles. The van der Waals surface area contributed by atoms with Gasteiger partial charge >= 0.3 is 5.97 Å². The van der Waals surface area contributed by atoms with Gasteiger partial charge in [-0.05, 0) is 36.8 Å². The Morgan fingerprint density at radius 3 is 2.53 bits per heavy atom. The number of halogens is 1. The molecule has 3 heteroatoms. The van der Waals surface area contributed by atoms with Gasteiger partial charge < -0.3 is 5.11 Å². The molecule has 0 aliphatic heterocycles. The van der Waals surface area contributed by atoms with Crippen LogP contribution in [0.25, 0.3) is 0 Å². The maximum atomic E-state index is 14.8. The van der Waals surface area contributed by atoms with Gasteiger partial charge in [0.05, 0.1) is 6.42 Å². The van der Waals surface area contributed by atoms with Crippen LogP contribution in [-0.2, 0) is 16.9 Å². The summed E-state index contributed by atoms with van der Waals surface area (Å²) in [4.78, 5) is 10.8. The number of hydrogen-bond donors (Lipinski definition) is 1. The molecule has 17 heavy (non-hydrogen) atoms.